The van der Waals surface area contributed by atoms with Crippen LogP contribution in [0.4, 0.5) is 0 Å². The van der Waals surface area contributed by atoms with Crippen LogP contribution in [0.5, 0.6) is 0 Å². The van der Waals surface area contributed by atoms with Gasteiger partial charge in [0.15, 0.2) is 0 Å². The third kappa shape index (κ3) is 20.8. The molecule has 2 heteroatoms. The van der Waals surface area contributed by atoms with Crippen molar-refractivity contribution >= 4 is 0 Å². The van der Waals surface area contributed by atoms with E-state index in [9.17, 15) is 0 Å². The predicted octanol–water partition coefficient (Wildman–Crippen LogP) is 6.24. The van der Waals surface area contributed by atoms with Gasteiger partial charge >= 0.3 is 0 Å². The van der Waals surface area contributed by atoms with Crippen molar-refractivity contribution in [3.05, 3.63) is 0 Å². The Balaban J connectivity index is 0. The Bertz CT molecular complexity index is 134. The van der Waals surface area contributed by atoms with Crippen LogP contribution in [0.2, 0.25) is 0 Å². The van der Waals surface area contributed by atoms with Gasteiger partial charge in [-0.1, -0.05) is 103 Å². The van der Waals surface area contributed by atoms with Crippen molar-refractivity contribution < 1.29 is 21.9 Å². The molecule has 0 saturated carbocycles. The number of aliphatic hydroxyl groups is 1. The van der Waals surface area contributed by atoms with Crippen LogP contribution in [0.15, 0.2) is 0 Å². The molecule has 0 bridgehead atoms. The zero-order valence-corrected chi connectivity index (χ0v) is 14.8. The van der Waals surface area contributed by atoms with Gasteiger partial charge in [0.2, 0.25) is 0 Å². The molecule has 125 valence electrons. The fraction of sp³-hybridized carbons (Fsp3) is 1.00. The minimum absolute atomic E-state index is 0. The third-order valence-corrected chi connectivity index (χ3v) is 4.01. The molecule has 0 unspecified atom stereocenters. The normalized spacial score (nSPS) is 10.5. The molecule has 0 aromatic rings. The van der Waals surface area contributed by atoms with Crippen LogP contribution in [-0.4, -0.2) is 11.7 Å². The van der Waals surface area contributed by atoms with Gasteiger partial charge < -0.3 is 5.11 Å². The average molecular weight is 329 g/mol. The zero-order chi connectivity index (χ0) is 14.0. The van der Waals surface area contributed by atoms with Crippen LogP contribution >= 0.6 is 0 Å². The van der Waals surface area contributed by atoms with E-state index in [2.05, 4.69) is 6.92 Å². The Morgan fingerprint density at radius 1 is 0.450 bits per heavy atom. The van der Waals surface area contributed by atoms with E-state index in [1.807, 2.05) is 0 Å². The van der Waals surface area contributed by atoms with Gasteiger partial charge in [-0.3, -0.25) is 0 Å². The predicted molar refractivity (Wildman–Crippen MR) is 86.6 cm³/mol. The molecule has 0 rings (SSSR count). The summed E-state index contributed by atoms with van der Waals surface area (Å²) in [5.41, 5.74) is 0. The minimum Gasteiger partial charge on any atom is -0.396 e. The molecule has 0 fully saturated rings. The van der Waals surface area contributed by atoms with Crippen LogP contribution in [-0.2, 0) is 16.8 Å². The first-order valence-electron chi connectivity index (χ1n) is 9.02. The van der Waals surface area contributed by atoms with Crippen LogP contribution in [0.1, 0.15) is 110 Å². The first kappa shape index (κ1) is 22.7. The number of hydrogen-bond acceptors (Lipinski definition) is 1. The molecule has 0 spiro atoms. The van der Waals surface area contributed by atoms with Crippen molar-refractivity contribution in [1.29, 1.82) is 0 Å². The molecule has 1 N–H and O–H groups in total. The summed E-state index contributed by atoms with van der Waals surface area (Å²) in [5.74, 6) is 0. The van der Waals surface area contributed by atoms with E-state index >= 15 is 0 Å². The number of unbranched alkanes of at least 4 members (excludes halogenated alkanes) is 15. The van der Waals surface area contributed by atoms with E-state index in [4.69, 9.17) is 5.11 Å². The molecule has 0 amide bonds. The molecular formula is C18H38CoO. The summed E-state index contributed by atoms with van der Waals surface area (Å²) in [6.45, 7) is 2.66. The summed E-state index contributed by atoms with van der Waals surface area (Å²) >= 11 is 0. The molecular weight excluding hydrogens is 291 g/mol. The van der Waals surface area contributed by atoms with E-state index in [0.29, 0.717) is 6.61 Å². The van der Waals surface area contributed by atoms with Crippen LogP contribution in [0.3, 0.4) is 0 Å². The van der Waals surface area contributed by atoms with Crippen molar-refractivity contribution in [2.24, 2.45) is 0 Å². The van der Waals surface area contributed by atoms with E-state index < -0.39 is 0 Å². The van der Waals surface area contributed by atoms with E-state index in [0.717, 1.165) is 6.42 Å². The fourth-order valence-corrected chi connectivity index (χ4v) is 2.66. The van der Waals surface area contributed by atoms with E-state index in [-0.39, 0.29) is 16.8 Å². The first-order chi connectivity index (χ1) is 9.41. The van der Waals surface area contributed by atoms with Gasteiger partial charge in [0.05, 0.1) is 0 Å². The van der Waals surface area contributed by atoms with Gasteiger partial charge in [0.1, 0.15) is 0 Å². The average Bonchev–Trinajstić information content (AvgIpc) is 2.43. The smallest absolute Gasteiger partial charge is 0.0431 e. The molecule has 1 radical (unpaired) electrons. The molecule has 20 heavy (non-hydrogen) atoms. The molecule has 0 atom stereocenters. The van der Waals surface area contributed by atoms with Gasteiger partial charge in [-0.2, -0.15) is 0 Å². The Kier molecular flexibility index (Phi) is 24.7. The van der Waals surface area contributed by atoms with E-state index in [1.54, 1.807) is 0 Å². The maximum atomic E-state index is 8.67. The Labute approximate surface area is 138 Å². The summed E-state index contributed by atoms with van der Waals surface area (Å²) in [4.78, 5) is 0. The Hall–Kier alpha value is 0.466. The Morgan fingerprint density at radius 2 is 0.700 bits per heavy atom. The maximum absolute atomic E-state index is 8.67. The summed E-state index contributed by atoms with van der Waals surface area (Å²) in [7, 11) is 0. The molecule has 0 aliphatic carbocycles. The van der Waals surface area contributed by atoms with Crippen molar-refractivity contribution in [3.8, 4) is 0 Å². The number of hydrogen-bond donors (Lipinski definition) is 1. The third-order valence-electron chi connectivity index (χ3n) is 4.01. The number of aliphatic hydroxyl groups excluding tert-OH is 1. The minimum atomic E-state index is 0. The fourth-order valence-electron chi connectivity index (χ4n) is 2.66. The summed E-state index contributed by atoms with van der Waals surface area (Å²) in [5, 5.41) is 8.67. The molecule has 0 saturated heterocycles. The summed E-state index contributed by atoms with van der Waals surface area (Å²) < 4.78 is 0. The molecule has 0 heterocycles. The largest absolute Gasteiger partial charge is 0.396 e. The van der Waals surface area contributed by atoms with Gasteiger partial charge in [0, 0.05) is 23.4 Å². The summed E-state index contributed by atoms with van der Waals surface area (Å²) in [6.07, 6.45) is 22.2. The van der Waals surface area contributed by atoms with Gasteiger partial charge in [0.25, 0.3) is 0 Å². The van der Waals surface area contributed by atoms with Gasteiger partial charge in [-0.15, -0.1) is 0 Å². The van der Waals surface area contributed by atoms with Crippen LogP contribution < -0.4 is 0 Å². The van der Waals surface area contributed by atoms with E-state index in [1.165, 1.54) is 96.3 Å². The zero-order valence-electron chi connectivity index (χ0n) is 13.8. The van der Waals surface area contributed by atoms with Crippen LogP contribution in [0.25, 0.3) is 0 Å². The number of rotatable bonds is 16. The summed E-state index contributed by atoms with van der Waals surface area (Å²) in [6, 6.07) is 0. The SMILES string of the molecule is CCCCCCCCCCCCCCCCCCO.[Co]. The first-order valence-corrected chi connectivity index (χ1v) is 9.02. The molecule has 0 aromatic carbocycles. The van der Waals surface area contributed by atoms with Gasteiger partial charge in [-0.25, -0.2) is 0 Å². The van der Waals surface area contributed by atoms with Crippen molar-refractivity contribution in [1.82, 2.24) is 0 Å². The molecule has 0 aliphatic rings. The second-order valence-electron chi connectivity index (χ2n) is 6.03. The Morgan fingerprint density at radius 3 is 0.950 bits per heavy atom. The van der Waals surface area contributed by atoms with Crippen molar-refractivity contribution in [2.75, 3.05) is 6.61 Å². The van der Waals surface area contributed by atoms with Crippen molar-refractivity contribution in [2.45, 2.75) is 110 Å². The molecule has 1 nitrogen and oxygen atoms in total. The monoisotopic (exact) mass is 329 g/mol. The molecule has 0 aliphatic heterocycles. The quantitative estimate of drug-likeness (QED) is 0.332. The topological polar surface area (TPSA) is 20.2 Å². The maximum Gasteiger partial charge on any atom is 0.0431 e. The standard InChI is InChI=1S/C18H38O.Co/c1-2-3-4-5-6-7-8-9-10-11-12-13-14-15-16-17-18-19;/h19H,2-18H2,1H3;. The van der Waals surface area contributed by atoms with Gasteiger partial charge in [-0.05, 0) is 6.42 Å². The van der Waals surface area contributed by atoms with Crippen molar-refractivity contribution in [3.63, 3.8) is 0 Å². The second kappa shape index (κ2) is 21.8. The molecule has 0 aromatic heterocycles. The van der Waals surface area contributed by atoms with Crippen LogP contribution in [0, 0.1) is 0 Å². The second-order valence-corrected chi connectivity index (χ2v) is 6.03.